The molecule has 1 aliphatic rings. The zero-order valence-electron chi connectivity index (χ0n) is 16.0. The molecule has 0 saturated heterocycles. The van der Waals surface area contributed by atoms with E-state index in [1.807, 2.05) is 36.4 Å². The molecule has 1 aliphatic heterocycles. The number of amides is 1. The summed E-state index contributed by atoms with van der Waals surface area (Å²) in [5.41, 5.74) is 3.79. The number of nitrogens with zero attached hydrogens (tertiary/aromatic N) is 1. The minimum absolute atomic E-state index is 0.000120. The maximum atomic E-state index is 12.4. The second kappa shape index (κ2) is 7.35. The molecule has 0 radical (unpaired) electrons. The predicted molar refractivity (Wildman–Crippen MR) is 109 cm³/mol. The molecule has 3 aromatic carbocycles. The van der Waals surface area contributed by atoms with Crippen molar-refractivity contribution >= 4 is 22.9 Å². The van der Waals surface area contributed by atoms with Crippen LogP contribution in [0.15, 0.2) is 47.6 Å². The molecule has 1 atom stereocenters. The number of rotatable bonds is 3. The smallest absolute Gasteiger partial charge is 0.284 e. The predicted octanol–water partition coefficient (Wildman–Crippen LogP) is 3.16. The zero-order valence-corrected chi connectivity index (χ0v) is 16.0. The highest BCUT2D eigenvalue weighted by atomic mass is 16.6. The van der Waals surface area contributed by atoms with Crippen molar-refractivity contribution in [1.29, 1.82) is 0 Å². The summed E-state index contributed by atoms with van der Waals surface area (Å²) >= 11 is 0. The van der Waals surface area contributed by atoms with Crippen LogP contribution in [0, 0.1) is 13.8 Å². The van der Waals surface area contributed by atoms with E-state index >= 15 is 0 Å². The van der Waals surface area contributed by atoms with E-state index in [-0.39, 0.29) is 18.1 Å². The van der Waals surface area contributed by atoms with Gasteiger partial charge in [0.1, 0.15) is 18.1 Å². The van der Waals surface area contributed by atoms with Crippen molar-refractivity contribution in [3.8, 4) is 23.0 Å². The van der Waals surface area contributed by atoms with Gasteiger partial charge in [-0.05, 0) is 48.4 Å². The molecule has 4 rings (SSSR count). The van der Waals surface area contributed by atoms with E-state index in [0.717, 1.165) is 10.8 Å². The van der Waals surface area contributed by atoms with Gasteiger partial charge in [0.05, 0.1) is 6.21 Å². The third kappa shape index (κ3) is 3.54. The topological polar surface area (TPSA) is 100 Å². The molecule has 7 heteroatoms. The Morgan fingerprint density at radius 1 is 1.14 bits per heavy atom. The highest BCUT2D eigenvalue weighted by molar-refractivity contribution is 5.89. The molecule has 0 aromatic heterocycles. The Bertz CT molecular complexity index is 1140. The van der Waals surface area contributed by atoms with Gasteiger partial charge in [-0.15, -0.1) is 0 Å². The Morgan fingerprint density at radius 2 is 1.83 bits per heavy atom. The number of hydrogen-bond acceptors (Lipinski definition) is 6. The van der Waals surface area contributed by atoms with Crippen LogP contribution in [-0.4, -0.2) is 35.0 Å². The summed E-state index contributed by atoms with van der Waals surface area (Å²) in [6.45, 7) is 3.38. The Labute approximate surface area is 167 Å². The number of nitrogens with one attached hydrogen (secondary N) is 1. The molecule has 0 saturated carbocycles. The lowest BCUT2D eigenvalue weighted by atomic mass is 10.0. The number of aromatic hydroxyl groups is 2. The van der Waals surface area contributed by atoms with Crippen LogP contribution in [0.2, 0.25) is 0 Å². The molecule has 7 nitrogen and oxygen atoms in total. The fourth-order valence-electron chi connectivity index (χ4n) is 3.18. The zero-order chi connectivity index (χ0) is 20.5. The first-order valence-electron chi connectivity index (χ1n) is 9.11. The van der Waals surface area contributed by atoms with E-state index in [1.54, 1.807) is 13.8 Å². The van der Waals surface area contributed by atoms with Gasteiger partial charge in [-0.1, -0.05) is 24.3 Å². The Hall–Kier alpha value is -3.74. The van der Waals surface area contributed by atoms with Crippen LogP contribution in [0.5, 0.6) is 23.0 Å². The number of carbonyl (C=O) groups excluding carboxylic acids is 1. The number of phenolic OH excluding ortho intramolecular Hbond substituents is 2. The lowest BCUT2D eigenvalue weighted by Gasteiger charge is -2.25. The minimum Gasteiger partial charge on any atom is -0.508 e. The summed E-state index contributed by atoms with van der Waals surface area (Å²) in [5, 5.41) is 25.8. The molecule has 3 N–H and O–H groups in total. The average Bonchev–Trinajstić information content (AvgIpc) is 2.72. The van der Waals surface area contributed by atoms with E-state index in [1.165, 1.54) is 12.3 Å². The van der Waals surface area contributed by atoms with Crippen molar-refractivity contribution in [2.75, 3.05) is 6.61 Å². The Morgan fingerprint density at radius 3 is 2.55 bits per heavy atom. The fraction of sp³-hybridized carbons (Fsp3) is 0.182. The summed E-state index contributed by atoms with van der Waals surface area (Å²) in [6.07, 6.45) is 0.484. The third-order valence-electron chi connectivity index (χ3n) is 4.90. The van der Waals surface area contributed by atoms with Crippen molar-refractivity contribution in [3.63, 3.8) is 0 Å². The number of phenols is 2. The monoisotopic (exact) mass is 392 g/mol. The fourth-order valence-corrected chi connectivity index (χ4v) is 3.18. The van der Waals surface area contributed by atoms with Crippen LogP contribution >= 0.6 is 0 Å². The van der Waals surface area contributed by atoms with Crippen molar-refractivity contribution in [2.24, 2.45) is 5.10 Å². The van der Waals surface area contributed by atoms with Gasteiger partial charge in [0.25, 0.3) is 5.91 Å². The van der Waals surface area contributed by atoms with Gasteiger partial charge in [0.2, 0.25) is 6.10 Å². The SMILES string of the molecule is Cc1cc(O)c(C)c(O)c1C=NNC(=O)C1COc2cc3ccccc3cc2O1. The van der Waals surface area contributed by atoms with Crippen LogP contribution in [0.3, 0.4) is 0 Å². The normalized spacial score (nSPS) is 15.6. The minimum atomic E-state index is -0.850. The van der Waals surface area contributed by atoms with Gasteiger partial charge in [0, 0.05) is 11.1 Å². The number of aryl methyl sites for hydroxylation is 1. The molecule has 1 unspecified atom stereocenters. The van der Waals surface area contributed by atoms with Crippen molar-refractivity contribution in [3.05, 3.63) is 59.2 Å². The lowest BCUT2D eigenvalue weighted by Crippen LogP contribution is -2.42. The molecule has 1 amide bonds. The Kier molecular flexibility index (Phi) is 4.72. The van der Waals surface area contributed by atoms with Gasteiger partial charge < -0.3 is 19.7 Å². The second-order valence-electron chi connectivity index (χ2n) is 6.90. The molecule has 0 bridgehead atoms. The summed E-state index contributed by atoms with van der Waals surface area (Å²) in [6, 6.07) is 13.1. The van der Waals surface area contributed by atoms with E-state index < -0.39 is 12.0 Å². The molecule has 0 fully saturated rings. The number of carbonyl (C=O) groups is 1. The van der Waals surface area contributed by atoms with Crippen LogP contribution in [-0.2, 0) is 4.79 Å². The maximum absolute atomic E-state index is 12.4. The first kappa shape index (κ1) is 18.6. The van der Waals surface area contributed by atoms with E-state index in [2.05, 4.69) is 10.5 Å². The van der Waals surface area contributed by atoms with Gasteiger partial charge in [-0.3, -0.25) is 4.79 Å². The number of benzene rings is 3. The van der Waals surface area contributed by atoms with Crippen LogP contribution in [0.25, 0.3) is 10.8 Å². The second-order valence-corrected chi connectivity index (χ2v) is 6.90. The molecule has 0 spiro atoms. The van der Waals surface area contributed by atoms with Crippen LogP contribution in [0.1, 0.15) is 16.7 Å². The third-order valence-corrected chi connectivity index (χ3v) is 4.90. The largest absolute Gasteiger partial charge is 0.508 e. The van der Waals surface area contributed by atoms with E-state index in [9.17, 15) is 15.0 Å². The Balaban J connectivity index is 1.47. The van der Waals surface area contributed by atoms with Crippen LogP contribution < -0.4 is 14.9 Å². The summed E-state index contributed by atoms with van der Waals surface area (Å²) < 4.78 is 11.5. The quantitative estimate of drug-likeness (QED) is 0.470. The van der Waals surface area contributed by atoms with E-state index in [0.29, 0.717) is 28.2 Å². The van der Waals surface area contributed by atoms with E-state index in [4.69, 9.17) is 9.47 Å². The standard InChI is InChI=1S/C22H20N2O5/c1-12-7-17(25)13(2)21(26)16(12)10-23-24-22(27)20-11-28-18-8-14-5-3-4-6-15(14)9-19(18)29-20/h3-10,20,25-26H,11H2,1-2H3,(H,24,27). The van der Waals surface area contributed by atoms with Crippen molar-refractivity contribution < 1.29 is 24.5 Å². The highest BCUT2D eigenvalue weighted by Gasteiger charge is 2.27. The molecule has 148 valence electrons. The first-order valence-corrected chi connectivity index (χ1v) is 9.11. The number of hydrogen-bond donors (Lipinski definition) is 3. The van der Waals surface area contributed by atoms with Crippen molar-refractivity contribution in [1.82, 2.24) is 5.43 Å². The number of hydrazone groups is 1. The summed E-state index contributed by atoms with van der Waals surface area (Å²) in [7, 11) is 0. The lowest BCUT2D eigenvalue weighted by molar-refractivity contribution is -0.130. The molecule has 0 aliphatic carbocycles. The highest BCUT2D eigenvalue weighted by Crippen LogP contribution is 2.36. The molecular weight excluding hydrogens is 372 g/mol. The number of ether oxygens (including phenoxy) is 2. The van der Waals surface area contributed by atoms with Gasteiger partial charge in [-0.25, -0.2) is 5.43 Å². The maximum Gasteiger partial charge on any atom is 0.284 e. The van der Waals surface area contributed by atoms with Gasteiger partial charge in [0.15, 0.2) is 11.5 Å². The van der Waals surface area contributed by atoms with Crippen molar-refractivity contribution in [2.45, 2.75) is 20.0 Å². The first-order chi connectivity index (χ1) is 13.9. The molecule has 3 aromatic rings. The number of fused-ring (bicyclic) bond motifs is 2. The van der Waals surface area contributed by atoms with Gasteiger partial charge in [-0.2, -0.15) is 5.10 Å². The molecule has 1 heterocycles. The average molecular weight is 392 g/mol. The molecule has 29 heavy (non-hydrogen) atoms. The van der Waals surface area contributed by atoms with Crippen LogP contribution in [0.4, 0.5) is 0 Å². The summed E-state index contributed by atoms with van der Waals surface area (Å²) in [5.74, 6) is 0.546. The summed E-state index contributed by atoms with van der Waals surface area (Å²) in [4.78, 5) is 12.4. The molecular formula is C22H20N2O5. The van der Waals surface area contributed by atoms with Gasteiger partial charge >= 0.3 is 0 Å².